The number of hydrogen-bond acceptors (Lipinski definition) is 4. The van der Waals surface area contributed by atoms with Crippen molar-refractivity contribution in [1.29, 1.82) is 0 Å². The van der Waals surface area contributed by atoms with E-state index >= 15 is 0 Å². The molecule has 1 amide bonds. The minimum absolute atomic E-state index is 0.160. The normalized spacial score (nSPS) is 13.4. The first-order valence-corrected chi connectivity index (χ1v) is 13.0. The van der Waals surface area contributed by atoms with E-state index < -0.39 is 17.9 Å². The lowest BCUT2D eigenvalue weighted by molar-refractivity contribution is -0.139. The van der Waals surface area contributed by atoms with Crippen molar-refractivity contribution < 1.29 is 19.4 Å². The number of rotatable bonds is 10. The average molecular weight is 510 g/mol. The van der Waals surface area contributed by atoms with Crippen LogP contribution >= 0.6 is 0 Å². The van der Waals surface area contributed by atoms with Crippen LogP contribution in [-0.2, 0) is 37.2 Å². The summed E-state index contributed by atoms with van der Waals surface area (Å²) >= 11 is 0. The molecule has 38 heavy (non-hydrogen) atoms. The van der Waals surface area contributed by atoms with Crippen molar-refractivity contribution in [3.8, 4) is 5.75 Å². The van der Waals surface area contributed by atoms with E-state index in [2.05, 4.69) is 10.4 Å². The summed E-state index contributed by atoms with van der Waals surface area (Å²) in [5.74, 6) is -0.824. The van der Waals surface area contributed by atoms with Crippen LogP contribution in [0.2, 0.25) is 0 Å². The van der Waals surface area contributed by atoms with E-state index in [0.717, 1.165) is 53.6 Å². The molecule has 2 N–H and O–H groups in total. The zero-order valence-electron chi connectivity index (χ0n) is 21.2. The summed E-state index contributed by atoms with van der Waals surface area (Å²) in [6.45, 7) is 1.03. The minimum atomic E-state index is -1.08. The fourth-order valence-corrected chi connectivity index (χ4v) is 4.87. The van der Waals surface area contributed by atoms with Crippen LogP contribution in [0.4, 0.5) is 0 Å². The van der Waals surface area contributed by atoms with Gasteiger partial charge in [0.25, 0.3) is 5.91 Å². The Morgan fingerprint density at radius 3 is 2.21 bits per heavy atom. The first-order valence-electron chi connectivity index (χ1n) is 13.0. The maximum absolute atomic E-state index is 13.3. The van der Waals surface area contributed by atoms with E-state index in [1.54, 1.807) is 0 Å². The van der Waals surface area contributed by atoms with Crippen molar-refractivity contribution in [3.63, 3.8) is 0 Å². The largest absolute Gasteiger partial charge is 0.489 e. The Bertz CT molecular complexity index is 1380. The summed E-state index contributed by atoms with van der Waals surface area (Å²) in [5, 5.41) is 17.3. The van der Waals surface area contributed by atoms with Gasteiger partial charge >= 0.3 is 5.97 Å². The number of aromatic nitrogens is 2. The molecule has 0 fully saturated rings. The van der Waals surface area contributed by atoms with Gasteiger partial charge in [-0.15, -0.1) is 0 Å². The first kappa shape index (κ1) is 25.3. The van der Waals surface area contributed by atoms with Gasteiger partial charge in [0.05, 0.1) is 6.54 Å². The molecule has 4 aromatic rings. The van der Waals surface area contributed by atoms with Crippen LogP contribution in [0.15, 0.2) is 84.9 Å². The summed E-state index contributed by atoms with van der Waals surface area (Å²) in [7, 11) is 0. The monoisotopic (exact) mass is 509 g/mol. The van der Waals surface area contributed by atoms with E-state index in [9.17, 15) is 14.7 Å². The lowest BCUT2D eigenvalue weighted by atomic mass is 9.95. The van der Waals surface area contributed by atoms with Crippen molar-refractivity contribution in [2.24, 2.45) is 0 Å². The van der Waals surface area contributed by atoms with Gasteiger partial charge in [-0.2, -0.15) is 5.10 Å². The van der Waals surface area contributed by atoms with Crippen LogP contribution < -0.4 is 10.1 Å². The van der Waals surface area contributed by atoms with Gasteiger partial charge in [-0.3, -0.25) is 9.48 Å². The number of carbonyl (C=O) groups excluding carboxylic acids is 1. The lowest BCUT2D eigenvalue weighted by Crippen LogP contribution is -2.42. The topological polar surface area (TPSA) is 93.4 Å². The van der Waals surface area contributed by atoms with Gasteiger partial charge in [-0.05, 0) is 54.5 Å². The molecule has 7 heteroatoms. The van der Waals surface area contributed by atoms with E-state index in [4.69, 9.17) is 4.74 Å². The standard InChI is InChI=1S/C31H31N3O4/c35-30(29-26-13-7-8-14-28(26)34(33-29)20-23-9-3-1-4-10-23)32-27(31(36)37)19-22-15-17-25(18-16-22)38-21-24-11-5-2-6-12-24/h1-6,9-12,15-18,27H,7-8,13-14,19-21H2,(H,32,35)(H,36,37). The quantitative estimate of drug-likeness (QED) is 0.320. The smallest absolute Gasteiger partial charge is 0.326 e. The predicted octanol–water partition coefficient (Wildman–Crippen LogP) is 4.81. The number of nitrogens with one attached hydrogen (secondary N) is 1. The Hall–Kier alpha value is -4.39. The van der Waals surface area contributed by atoms with Crippen molar-refractivity contribution in [2.45, 2.75) is 51.3 Å². The van der Waals surface area contributed by atoms with Gasteiger partial charge < -0.3 is 15.2 Å². The molecule has 1 atom stereocenters. The number of fused-ring (bicyclic) bond motifs is 1. The van der Waals surface area contributed by atoms with Crippen LogP contribution in [0, 0.1) is 0 Å². The number of nitrogens with zero attached hydrogens (tertiary/aromatic N) is 2. The van der Waals surface area contributed by atoms with Crippen LogP contribution in [0.5, 0.6) is 5.75 Å². The van der Waals surface area contributed by atoms with Gasteiger partial charge in [-0.25, -0.2) is 4.79 Å². The predicted molar refractivity (Wildman–Crippen MR) is 144 cm³/mol. The molecule has 0 saturated carbocycles. The zero-order valence-corrected chi connectivity index (χ0v) is 21.2. The molecule has 5 rings (SSSR count). The third-order valence-electron chi connectivity index (χ3n) is 6.86. The number of aliphatic carboxylic acids is 1. The number of hydrogen-bond donors (Lipinski definition) is 2. The fraction of sp³-hybridized carbons (Fsp3) is 0.258. The Morgan fingerprint density at radius 2 is 1.53 bits per heavy atom. The highest BCUT2D eigenvalue weighted by Crippen LogP contribution is 2.25. The summed E-state index contributed by atoms with van der Waals surface area (Å²) in [5.41, 5.74) is 5.32. The Morgan fingerprint density at radius 1 is 0.868 bits per heavy atom. The Labute approximate surface area is 222 Å². The van der Waals surface area contributed by atoms with Crippen molar-refractivity contribution in [2.75, 3.05) is 0 Å². The van der Waals surface area contributed by atoms with Crippen molar-refractivity contribution in [3.05, 3.63) is 119 Å². The van der Waals surface area contributed by atoms with Crippen molar-refractivity contribution in [1.82, 2.24) is 15.1 Å². The molecule has 0 radical (unpaired) electrons. The summed E-state index contributed by atoms with van der Waals surface area (Å²) in [6, 6.07) is 26.1. The minimum Gasteiger partial charge on any atom is -0.489 e. The molecule has 1 aliphatic carbocycles. The van der Waals surface area contributed by atoms with Crippen LogP contribution in [0.3, 0.4) is 0 Å². The molecule has 3 aromatic carbocycles. The van der Waals surface area contributed by atoms with E-state index in [1.807, 2.05) is 89.6 Å². The first-order chi connectivity index (χ1) is 18.6. The number of ether oxygens (including phenoxy) is 1. The number of carboxylic acids is 1. The van der Waals surface area contributed by atoms with Crippen molar-refractivity contribution >= 4 is 11.9 Å². The molecule has 0 aliphatic heterocycles. The third kappa shape index (κ3) is 6.11. The molecule has 1 aliphatic rings. The summed E-state index contributed by atoms with van der Waals surface area (Å²) in [6.07, 6.45) is 3.84. The highest BCUT2D eigenvalue weighted by Gasteiger charge is 2.28. The second-order valence-electron chi connectivity index (χ2n) is 9.61. The Kier molecular flexibility index (Phi) is 7.83. The molecular formula is C31H31N3O4. The lowest BCUT2D eigenvalue weighted by Gasteiger charge is -2.16. The zero-order chi connectivity index (χ0) is 26.3. The maximum Gasteiger partial charge on any atom is 0.326 e. The molecular weight excluding hydrogens is 478 g/mol. The van der Waals surface area contributed by atoms with Crippen LogP contribution in [-0.4, -0.2) is 32.8 Å². The highest BCUT2D eigenvalue weighted by molar-refractivity contribution is 5.96. The van der Waals surface area contributed by atoms with E-state index in [-0.39, 0.29) is 6.42 Å². The van der Waals surface area contributed by atoms with Crippen LogP contribution in [0.1, 0.15) is 51.3 Å². The number of amides is 1. The molecule has 194 valence electrons. The second kappa shape index (κ2) is 11.8. The number of carbonyl (C=O) groups is 2. The van der Waals surface area contributed by atoms with Crippen LogP contribution in [0.25, 0.3) is 0 Å². The van der Waals surface area contributed by atoms with Gasteiger partial charge in [0.2, 0.25) is 0 Å². The average Bonchev–Trinajstić information content (AvgIpc) is 3.32. The van der Waals surface area contributed by atoms with Gasteiger partial charge in [0, 0.05) is 17.7 Å². The Balaban J connectivity index is 1.26. The molecule has 1 heterocycles. The molecule has 0 bridgehead atoms. The molecule has 1 unspecified atom stereocenters. The van der Waals surface area contributed by atoms with E-state index in [1.165, 1.54) is 0 Å². The molecule has 1 aromatic heterocycles. The number of carboxylic acid groups (broad SMARTS) is 1. The molecule has 7 nitrogen and oxygen atoms in total. The maximum atomic E-state index is 13.3. The summed E-state index contributed by atoms with van der Waals surface area (Å²) < 4.78 is 7.73. The van der Waals surface area contributed by atoms with E-state index in [0.29, 0.717) is 24.6 Å². The van der Waals surface area contributed by atoms with Gasteiger partial charge in [0.15, 0.2) is 5.69 Å². The fourth-order valence-electron chi connectivity index (χ4n) is 4.87. The highest BCUT2D eigenvalue weighted by atomic mass is 16.5. The second-order valence-corrected chi connectivity index (χ2v) is 9.61. The van der Waals surface area contributed by atoms with Gasteiger partial charge in [-0.1, -0.05) is 72.8 Å². The third-order valence-corrected chi connectivity index (χ3v) is 6.86. The molecule has 0 spiro atoms. The molecule has 0 saturated heterocycles. The van der Waals surface area contributed by atoms with Gasteiger partial charge in [0.1, 0.15) is 18.4 Å². The summed E-state index contributed by atoms with van der Waals surface area (Å²) in [4.78, 5) is 25.4. The SMILES string of the molecule is O=C(NC(Cc1ccc(OCc2ccccc2)cc1)C(=O)O)c1nn(Cc2ccccc2)c2c1CCCC2. The number of benzene rings is 3.